The van der Waals surface area contributed by atoms with Gasteiger partial charge in [0.1, 0.15) is 17.5 Å². The van der Waals surface area contributed by atoms with Crippen LogP contribution in [0.25, 0.3) is 0 Å². The van der Waals surface area contributed by atoms with E-state index < -0.39 is 0 Å². The number of methoxy groups -OCH3 is 2. The van der Waals surface area contributed by atoms with Gasteiger partial charge in [0, 0.05) is 23.9 Å². The van der Waals surface area contributed by atoms with Gasteiger partial charge in [0.15, 0.2) is 0 Å². The molecule has 1 saturated heterocycles. The number of nitrogens with one attached hydrogen (secondary N) is 2. The lowest BCUT2D eigenvalue weighted by molar-refractivity contribution is -0.120. The first-order valence-corrected chi connectivity index (χ1v) is 9.18. The second-order valence-corrected chi connectivity index (χ2v) is 6.66. The largest absolute Gasteiger partial charge is 0.497 e. The van der Waals surface area contributed by atoms with Crippen LogP contribution in [0.5, 0.6) is 11.5 Å². The molecule has 3 rings (SSSR count). The van der Waals surface area contributed by atoms with Crippen molar-refractivity contribution in [2.45, 2.75) is 32.4 Å². The molecule has 2 aromatic rings. The van der Waals surface area contributed by atoms with E-state index in [2.05, 4.69) is 10.9 Å². The maximum absolute atomic E-state index is 13.1. The zero-order valence-electron chi connectivity index (χ0n) is 16.3. The summed E-state index contributed by atoms with van der Waals surface area (Å²) in [6.45, 7) is 4.65. The van der Waals surface area contributed by atoms with E-state index in [0.29, 0.717) is 13.0 Å². The van der Waals surface area contributed by atoms with Crippen LogP contribution in [0.2, 0.25) is 0 Å². The Kier molecular flexibility index (Phi) is 5.98. The number of ether oxygens (including phenoxy) is 2. The van der Waals surface area contributed by atoms with Crippen molar-refractivity contribution in [2.24, 2.45) is 0 Å². The normalized spacial score (nSPS) is 19.0. The average molecular weight is 369 g/mol. The van der Waals surface area contributed by atoms with Gasteiger partial charge in [-0.05, 0) is 44.0 Å². The second-order valence-electron chi connectivity index (χ2n) is 6.66. The summed E-state index contributed by atoms with van der Waals surface area (Å²) in [7, 11) is 3.27. The third-order valence-corrected chi connectivity index (χ3v) is 4.91. The Balaban J connectivity index is 1.76. The molecule has 1 aliphatic heterocycles. The molecule has 2 N–H and O–H groups in total. The molecule has 0 aromatic heterocycles. The van der Waals surface area contributed by atoms with Crippen LogP contribution in [-0.2, 0) is 4.79 Å². The molecule has 0 bridgehead atoms. The fourth-order valence-electron chi connectivity index (χ4n) is 3.48. The first-order valence-electron chi connectivity index (χ1n) is 9.18. The van der Waals surface area contributed by atoms with E-state index in [4.69, 9.17) is 9.47 Å². The number of benzene rings is 2. The second kappa shape index (κ2) is 8.41. The third-order valence-electron chi connectivity index (χ3n) is 4.91. The summed E-state index contributed by atoms with van der Waals surface area (Å²) >= 11 is 0. The average Bonchev–Trinajstić information content (AvgIpc) is 3.18. The van der Waals surface area contributed by atoms with Gasteiger partial charge in [0.05, 0.1) is 20.3 Å². The highest BCUT2D eigenvalue weighted by atomic mass is 16.5. The number of carbonyl (C=O) groups excluding carboxylic acids is 1. The first kappa shape index (κ1) is 19.2. The highest BCUT2D eigenvalue weighted by Gasteiger charge is 2.34. The molecule has 1 fully saturated rings. The van der Waals surface area contributed by atoms with Gasteiger partial charge < -0.3 is 14.4 Å². The van der Waals surface area contributed by atoms with Crippen LogP contribution in [0.1, 0.15) is 30.5 Å². The number of carbonyl (C=O) groups is 1. The van der Waals surface area contributed by atoms with Gasteiger partial charge in [-0.1, -0.05) is 18.2 Å². The van der Waals surface area contributed by atoms with Crippen molar-refractivity contribution in [1.82, 2.24) is 10.9 Å². The molecule has 0 aliphatic carbocycles. The fraction of sp³-hybridized carbons (Fsp3) is 0.381. The van der Waals surface area contributed by atoms with E-state index in [1.165, 1.54) is 0 Å². The SMILES string of the molecule is CCN(C(=O)C1CC(c2ccc(OC)cc2OC)NN1)c1cccc(C)c1. The predicted octanol–water partition coefficient (Wildman–Crippen LogP) is 2.97. The van der Waals surface area contributed by atoms with Gasteiger partial charge >= 0.3 is 0 Å². The van der Waals surface area contributed by atoms with Crippen LogP contribution in [0.4, 0.5) is 5.69 Å². The minimum atomic E-state index is -0.303. The van der Waals surface area contributed by atoms with Gasteiger partial charge in [-0.25, -0.2) is 10.9 Å². The molecule has 0 radical (unpaired) electrons. The lowest BCUT2D eigenvalue weighted by Crippen LogP contribution is -2.45. The Labute approximate surface area is 160 Å². The number of aryl methyl sites for hydroxylation is 1. The molecule has 2 atom stereocenters. The highest BCUT2D eigenvalue weighted by molar-refractivity contribution is 5.97. The van der Waals surface area contributed by atoms with Crippen LogP contribution in [0.3, 0.4) is 0 Å². The number of hydrazine groups is 1. The Morgan fingerprint density at radius 3 is 2.63 bits per heavy atom. The molecule has 27 heavy (non-hydrogen) atoms. The van der Waals surface area contributed by atoms with Gasteiger partial charge in [-0.3, -0.25) is 4.79 Å². The maximum atomic E-state index is 13.1. The summed E-state index contributed by atoms with van der Waals surface area (Å²) in [6, 6.07) is 13.4. The zero-order chi connectivity index (χ0) is 19.4. The molecule has 1 amide bonds. The van der Waals surface area contributed by atoms with Crippen molar-refractivity contribution in [3.8, 4) is 11.5 Å². The fourth-order valence-corrected chi connectivity index (χ4v) is 3.48. The number of rotatable bonds is 6. The number of hydrogen-bond donors (Lipinski definition) is 2. The summed E-state index contributed by atoms with van der Waals surface area (Å²) in [6.07, 6.45) is 0.643. The Bertz CT molecular complexity index is 809. The van der Waals surface area contributed by atoms with Gasteiger partial charge in [-0.2, -0.15) is 0 Å². The van der Waals surface area contributed by atoms with Crippen molar-refractivity contribution < 1.29 is 14.3 Å². The molecule has 1 heterocycles. The lowest BCUT2D eigenvalue weighted by atomic mass is 10.00. The first-order chi connectivity index (χ1) is 13.1. The highest BCUT2D eigenvalue weighted by Crippen LogP contribution is 2.33. The number of likely N-dealkylation sites (N-methyl/N-ethyl adjacent to an activating group) is 1. The van der Waals surface area contributed by atoms with E-state index in [0.717, 1.165) is 28.3 Å². The molecule has 0 saturated carbocycles. The van der Waals surface area contributed by atoms with Crippen molar-refractivity contribution in [3.05, 3.63) is 53.6 Å². The number of amides is 1. The van der Waals surface area contributed by atoms with E-state index >= 15 is 0 Å². The quantitative estimate of drug-likeness (QED) is 0.820. The molecule has 0 spiro atoms. The number of hydrogen-bond acceptors (Lipinski definition) is 5. The van der Waals surface area contributed by atoms with E-state index in [1.807, 2.05) is 61.2 Å². The van der Waals surface area contributed by atoms with Crippen LogP contribution in [-0.4, -0.2) is 32.7 Å². The van der Waals surface area contributed by atoms with Crippen LogP contribution in [0, 0.1) is 6.92 Å². The molecule has 2 unspecified atom stereocenters. The Morgan fingerprint density at radius 2 is 1.96 bits per heavy atom. The minimum Gasteiger partial charge on any atom is -0.497 e. The van der Waals surface area contributed by atoms with E-state index in [-0.39, 0.29) is 18.0 Å². The van der Waals surface area contributed by atoms with Crippen molar-refractivity contribution >= 4 is 11.6 Å². The maximum Gasteiger partial charge on any atom is 0.245 e. The topological polar surface area (TPSA) is 62.8 Å². The summed E-state index contributed by atoms with van der Waals surface area (Å²) in [5.74, 6) is 1.55. The van der Waals surface area contributed by atoms with E-state index in [9.17, 15) is 4.79 Å². The number of nitrogens with zero attached hydrogens (tertiary/aromatic N) is 1. The van der Waals surface area contributed by atoms with Gasteiger partial charge in [-0.15, -0.1) is 0 Å². The molecule has 144 valence electrons. The van der Waals surface area contributed by atoms with Crippen LogP contribution < -0.4 is 25.2 Å². The standard InChI is InChI=1S/C21H27N3O3/c1-5-24(15-8-6-7-14(2)11-15)21(25)19-13-18(22-23-19)17-10-9-16(26-3)12-20(17)27-4/h6-12,18-19,22-23H,5,13H2,1-4H3. The summed E-state index contributed by atoms with van der Waals surface area (Å²) in [4.78, 5) is 14.9. The van der Waals surface area contributed by atoms with Crippen LogP contribution >= 0.6 is 0 Å². The summed E-state index contributed by atoms with van der Waals surface area (Å²) in [5.41, 5.74) is 9.46. The molecule has 1 aliphatic rings. The van der Waals surface area contributed by atoms with Crippen molar-refractivity contribution in [3.63, 3.8) is 0 Å². The molecule has 2 aromatic carbocycles. The van der Waals surface area contributed by atoms with Crippen LogP contribution in [0.15, 0.2) is 42.5 Å². The van der Waals surface area contributed by atoms with E-state index in [1.54, 1.807) is 14.2 Å². The Hall–Kier alpha value is -2.57. The third kappa shape index (κ3) is 4.07. The van der Waals surface area contributed by atoms with Gasteiger partial charge in [0.25, 0.3) is 0 Å². The zero-order valence-corrected chi connectivity index (χ0v) is 16.3. The van der Waals surface area contributed by atoms with Crippen molar-refractivity contribution in [2.75, 3.05) is 25.7 Å². The number of anilines is 1. The monoisotopic (exact) mass is 369 g/mol. The molecule has 6 heteroatoms. The predicted molar refractivity (Wildman–Crippen MR) is 106 cm³/mol. The van der Waals surface area contributed by atoms with Crippen molar-refractivity contribution in [1.29, 1.82) is 0 Å². The smallest absolute Gasteiger partial charge is 0.245 e. The minimum absolute atomic E-state index is 0.0176. The Morgan fingerprint density at radius 1 is 1.15 bits per heavy atom. The molecular formula is C21H27N3O3. The molecule has 6 nitrogen and oxygen atoms in total. The van der Waals surface area contributed by atoms with Gasteiger partial charge in [0.2, 0.25) is 5.91 Å². The summed E-state index contributed by atoms with van der Waals surface area (Å²) in [5, 5.41) is 0. The molecular weight excluding hydrogens is 342 g/mol. The summed E-state index contributed by atoms with van der Waals surface area (Å²) < 4.78 is 10.8. The lowest BCUT2D eigenvalue weighted by Gasteiger charge is -2.24.